The SMILES string of the molecule is CNC(C)C(=O)N1CCC(C)CC1C. The number of rotatable bonds is 2. The van der Waals surface area contributed by atoms with Gasteiger partial charge in [-0.3, -0.25) is 4.79 Å². The fraction of sp³-hybridized carbons (Fsp3) is 0.909. The lowest BCUT2D eigenvalue weighted by Gasteiger charge is -2.37. The van der Waals surface area contributed by atoms with Gasteiger partial charge >= 0.3 is 0 Å². The van der Waals surface area contributed by atoms with Gasteiger partial charge in [0.2, 0.25) is 5.91 Å². The molecule has 1 N–H and O–H groups in total. The monoisotopic (exact) mass is 198 g/mol. The third kappa shape index (κ3) is 2.47. The van der Waals surface area contributed by atoms with Gasteiger partial charge in [0.25, 0.3) is 0 Å². The van der Waals surface area contributed by atoms with E-state index in [9.17, 15) is 4.79 Å². The van der Waals surface area contributed by atoms with E-state index in [4.69, 9.17) is 0 Å². The predicted molar refractivity (Wildman–Crippen MR) is 58.1 cm³/mol. The largest absolute Gasteiger partial charge is 0.339 e. The maximum atomic E-state index is 11.9. The molecule has 82 valence electrons. The minimum atomic E-state index is -0.0501. The normalized spacial score (nSPS) is 30.1. The van der Waals surface area contributed by atoms with Gasteiger partial charge in [-0.25, -0.2) is 0 Å². The summed E-state index contributed by atoms with van der Waals surface area (Å²) in [4.78, 5) is 13.9. The van der Waals surface area contributed by atoms with Crippen LogP contribution in [0.15, 0.2) is 0 Å². The summed E-state index contributed by atoms with van der Waals surface area (Å²) < 4.78 is 0. The Morgan fingerprint density at radius 2 is 2.14 bits per heavy atom. The topological polar surface area (TPSA) is 32.3 Å². The first-order chi connectivity index (χ1) is 6.56. The highest BCUT2D eigenvalue weighted by Crippen LogP contribution is 2.22. The van der Waals surface area contributed by atoms with Crippen LogP contribution in [0.2, 0.25) is 0 Å². The number of nitrogens with one attached hydrogen (secondary N) is 1. The number of carbonyl (C=O) groups is 1. The predicted octanol–water partition coefficient (Wildman–Crippen LogP) is 1.24. The minimum absolute atomic E-state index is 0.0501. The average Bonchev–Trinajstić information content (AvgIpc) is 2.15. The van der Waals surface area contributed by atoms with Gasteiger partial charge in [-0.2, -0.15) is 0 Å². The molecule has 0 aliphatic carbocycles. The fourth-order valence-electron chi connectivity index (χ4n) is 2.11. The molecule has 1 aliphatic rings. The molecule has 0 spiro atoms. The summed E-state index contributed by atoms with van der Waals surface area (Å²) in [5.74, 6) is 1.01. The zero-order valence-electron chi connectivity index (χ0n) is 9.71. The summed E-state index contributed by atoms with van der Waals surface area (Å²) in [6.45, 7) is 7.26. The molecule has 1 heterocycles. The quantitative estimate of drug-likeness (QED) is 0.724. The van der Waals surface area contributed by atoms with Gasteiger partial charge in [0.15, 0.2) is 0 Å². The highest BCUT2D eigenvalue weighted by Gasteiger charge is 2.28. The second-order valence-electron chi connectivity index (χ2n) is 4.52. The zero-order valence-corrected chi connectivity index (χ0v) is 9.71. The van der Waals surface area contributed by atoms with Crippen LogP contribution in [-0.2, 0) is 4.79 Å². The van der Waals surface area contributed by atoms with Crippen molar-refractivity contribution in [1.82, 2.24) is 10.2 Å². The van der Waals surface area contributed by atoms with Gasteiger partial charge in [-0.05, 0) is 39.7 Å². The van der Waals surface area contributed by atoms with Crippen molar-refractivity contribution in [2.45, 2.75) is 45.7 Å². The Morgan fingerprint density at radius 3 is 2.64 bits per heavy atom. The number of piperidine rings is 1. The standard InChI is InChI=1S/C11H22N2O/c1-8-5-6-13(9(2)7-8)11(14)10(3)12-4/h8-10,12H,5-7H2,1-4H3. The molecule has 14 heavy (non-hydrogen) atoms. The Labute approximate surface area is 86.9 Å². The van der Waals surface area contributed by atoms with Crippen molar-refractivity contribution < 1.29 is 4.79 Å². The van der Waals surface area contributed by atoms with E-state index < -0.39 is 0 Å². The van der Waals surface area contributed by atoms with Crippen molar-refractivity contribution in [1.29, 1.82) is 0 Å². The third-order valence-electron chi connectivity index (χ3n) is 3.22. The van der Waals surface area contributed by atoms with Crippen LogP contribution in [0.1, 0.15) is 33.6 Å². The second-order valence-corrected chi connectivity index (χ2v) is 4.52. The maximum Gasteiger partial charge on any atom is 0.239 e. The van der Waals surface area contributed by atoms with Crippen molar-refractivity contribution in [2.24, 2.45) is 5.92 Å². The molecular weight excluding hydrogens is 176 g/mol. The van der Waals surface area contributed by atoms with Crippen LogP contribution in [0.5, 0.6) is 0 Å². The molecule has 0 saturated carbocycles. The molecule has 0 aromatic heterocycles. The van der Waals surface area contributed by atoms with Crippen molar-refractivity contribution in [2.75, 3.05) is 13.6 Å². The minimum Gasteiger partial charge on any atom is -0.339 e. The lowest BCUT2D eigenvalue weighted by Crippen LogP contribution is -2.50. The van der Waals surface area contributed by atoms with E-state index in [-0.39, 0.29) is 11.9 Å². The van der Waals surface area contributed by atoms with E-state index in [1.165, 1.54) is 0 Å². The Kier molecular flexibility index (Phi) is 3.93. The van der Waals surface area contributed by atoms with Gasteiger partial charge in [-0.1, -0.05) is 6.92 Å². The highest BCUT2D eigenvalue weighted by molar-refractivity contribution is 5.81. The molecule has 1 rings (SSSR count). The van der Waals surface area contributed by atoms with Crippen LogP contribution in [0.4, 0.5) is 0 Å². The van der Waals surface area contributed by atoms with E-state index >= 15 is 0 Å². The first-order valence-corrected chi connectivity index (χ1v) is 5.54. The second kappa shape index (κ2) is 4.78. The first kappa shape index (κ1) is 11.5. The summed E-state index contributed by atoms with van der Waals surface area (Å²) >= 11 is 0. The van der Waals surface area contributed by atoms with E-state index in [1.54, 1.807) is 0 Å². The molecule has 1 aliphatic heterocycles. The van der Waals surface area contributed by atoms with Crippen LogP contribution < -0.4 is 5.32 Å². The van der Waals surface area contributed by atoms with E-state index in [2.05, 4.69) is 19.2 Å². The number of hydrogen-bond donors (Lipinski definition) is 1. The van der Waals surface area contributed by atoms with Crippen LogP contribution in [0.3, 0.4) is 0 Å². The van der Waals surface area contributed by atoms with E-state index in [0.29, 0.717) is 6.04 Å². The molecule has 3 heteroatoms. The van der Waals surface area contributed by atoms with Crippen molar-refractivity contribution >= 4 is 5.91 Å². The number of hydrogen-bond acceptors (Lipinski definition) is 2. The van der Waals surface area contributed by atoms with Gasteiger partial charge in [0.1, 0.15) is 0 Å². The van der Waals surface area contributed by atoms with E-state index in [1.807, 2.05) is 18.9 Å². The molecular formula is C11H22N2O. The van der Waals surface area contributed by atoms with Gasteiger partial charge in [0.05, 0.1) is 6.04 Å². The highest BCUT2D eigenvalue weighted by atomic mass is 16.2. The molecule has 1 amide bonds. The van der Waals surface area contributed by atoms with Crippen LogP contribution in [-0.4, -0.2) is 36.5 Å². The first-order valence-electron chi connectivity index (χ1n) is 5.54. The number of likely N-dealkylation sites (N-methyl/N-ethyl adjacent to an activating group) is 1. The van der Waals surface area contributed by atoms with Crippen molar-refractivity contribution in [3.63, 3.8) is 0 Å². The molecule has 3 unspecified atom stereocenters. The number of likely N-dealkylation sites (tertiary alicyclic amines) is 1. The number of amides is 1. The zero-order chi connectivity index (χ0) is 10.7. The summed E-state index contributed by atoms with van der Waals surface area (Å²) in [7, 11) is 1.83. The van der Waals surface area contributed by atoms with Gasteiger partial charge in [0, 0.05) is 12.6 Å². The summed E-state index contributed by atoms with van der Waals surface area (Å²) in [6, 6.07) is 0.355. The Hall–Kier alpha value is -0.570. The smallest absolute Gasteiger partial charge is 0.239 e. The Balaban J connectivity index is 2.55. The Morgan fingerprint density at radius 1 is 1.50 bits per heavy atom. The molecule has 1 fully saturated rings. The summed E-state index contributed by atoms with van der Waals surface area (Å²) in [6.07, 6.45) is 2.29. The van der Waals surface area contributed by atoms with Gasteiger partial charge < -0.3 is 10.2 Å². The molecule has 1 saturated heterocycles. The molecule has 3 nitrogen and oxygen atoms in total. The van der Waals surface area contributed by atoms with Crippen molar-refractivity contribution in [3.05, 3.63) is 0 Å². The lowest BCUT2D eigenvalue weighted by molar-refractivity contribution is -0.136. The van der Waals surface area contributed by atoms with Crippen molar-refractivity contribution in [3.8, 4) is 0 Å². The summed E-state index contributed by atoms with van der Waals surface area (Å²) in [5.41, 5.74) is 0. The molecule has 3 atom stereocenters. The maximum absolute atomic E-state index is 11.9. The molecule has 0 aromatic rings. The molecule has 0 aromatic carbocycles. The van der Waals surface area contributed by atoms with E-state index in [0.717, 1.165) is 25.3 Å². The molecule has 0 radical (unpaired) electrons. The number of nitrogens with zero attached hydrogens (tertiary/aromatic N) is 1. The molecule has 0 bridgehead atoms. The lowest BCUT2D eigenvalue weighted by atomic mass is 9.93. The number of carbonyl (C=O) groups excluding carboxylic acids is 1. The Bertz CT molecular complexity index is 205. The van der Waals surface area contributed by atoms with Crippen LogP contribution in [0.25, 0.3) is 0 Å². The fourth-order valence-corrected chi connectivity index (χ4v) is 2.11. The van der Waals surface area contributed by atoms with Crippen LogP contribution in [0, 0.1) is 5.92 Å². The average molecular weight is 198 g/mol. The third-order valence-corrected chi connectivity index (χ3v) is 3.22. The summed E-state index contributed by atoms with van der Waals surface area (Å²) in [5, 5.41) is 3.00. The van der Waals surface area contributed by atoms with Gasteiger partial charge in [-0.15, -0.1) is 0 Å². The van der Waals surface area contributed by atoms with Crippen LogP contribution >= 0.6 is 0 Å².